The second-order valence-electron chi connectivity index (χ2n) is 7.83. The molecular weight excluding hydrogens is 308 g/mol. The zero-order chi connectivity index (χ0) is 16.9. The summed E-state index contributed by atoms with van der Waals surface area (Å²) in [5.41, 5.74) is -0.619. The number of carbonyl (C=O) groups excluding carboxylic acids is 2. The summed E-state index contributed by atoms with van der Waals surface area (Å²) in [7, 11) is 0. The predicted octanol–water partition coefficient (Wildman–Crippen LogP) is 3.08. The van der Waals surface area contributed by atoms with Crippen LogP contribution in [0.2, 0.25) is 0 Å². The molecule has 0 saturated heterocycles. The fourth-order valence-corrected chi connectivity index (χ4v) is 5.22. The van der Waals surface area contributed by atoms with Crippen molar-refractivity contribution in [1.82, 2.24) is 9.55 Å². The predicted molar refractivity (Wildman–Crippen MR) is 85.2 cm³/mol. The average molecular weight is 330 g/mol. The molecule has 6 nitrogen and oxygen atoms in total. The summed E-state index contributed by atoms with van der Waals surface area (Å²) in [5, 5.41) is 0. The maximum atomic E-state index is 12.4. The lowest BCUT2D eigenvalue weighted by molar-refractivity contribution is -0.216. The van der Waals surface area contributed by atoms with Gasteiger partial charge in [-0.15, -0.1) is 0 Å². The fourth-order valence-electron chi connectivity index (χ4n) is 5.22. The molecule has 2 atom stereocenters. The van der Waals surface area contributed by atoms with Gasteiger partial charge < -0.3 is 9.47 Å². The Balaban J connectivity index is 1.57. The molecule has 2 unspecified atom stereocenters. The highest BCUT2D eigenvalue weighted by molar-refractivity contribution is 5.87. The third-order valence-corrected chi connectivity index (χ3v) is 5.63. The zero-order valence-electron chi connectivity index (χ0n) is 13.9. The molecule has 4 bridgehead atoms. The lowest BCUT2D eigenvalue weighted by atomic mass is 9.52. The maximum Gasteiger partial charge on any atom is 0.419 e. The van der Waals surface area contributed by atoms with Crippen molar-refractivity contribution in [3.05, 3.63) is 30.9 Å². The van der Waals surface area contributed by atoms with Gasteiger partial charge in [0.15, 0.2) is 0 Å². The Morgan fingerprint density at radius 2 is 1.79 bits per heavy atom. The van der Waals surface area contributed by atoms with Gasteiger partial charge in [-0.05, 0) is 50.9 Å². The van der Waals surface area contributed by atoms with E-state index in [0.717, 1.165) is 32.1 Å². The highest BCUT2D eigenvalue weighted by atomic mass is 16.6. The minimum Gasteiger partial charge on any atom is -0.456 e. The summed E-state index contributed by atoms with van der Waals surface area (Å²) in [5.74, 6) is 0.549. The van der Waals surface area contributed by atoms with E-state index < -0.39 is 17.3 Å². The van der Waals surface area contributed by atoms with E-state index in [-0.39, 0.29) is 5.97 Å². The van der Waals surface area contributed by atoms with Crippen LogP contribution in [0.4, 0.5) is 4.79 Å². The van der Waals surface area contributed by atoms with Gasteiger partial charge in [0.05, 0.1) is 0 Å². The number of hydrogen-bond acceptors (Lipinski definition) is 5. The number of hydrogen-bond donors (Lipinski definition) is 0. The number of esters is 1. The van der Waals surface area contributed by atoms with Gasteiger partial charge in [-0.25, -0.2) is 19.1 Å². The van der Waals surface area contributed by atoms with Crippen LogP contribution in [0.3, 0.4) is 0 Å². The fraction of sp³-hybridized carbons (Fsp3) is 0.611. The number of rotatable bonds is 3. The molecule has 1 aromatic rings. The van der Waals surface area contributed by atoms with Crippen molar-refractivity contribution in [3.8, 4) is 0 Å². The number of carbonyl (C=O) groups is 2. The molecule has 1 heterocycles. The topological polar surface area (TPSA) is 70.4 Å². The number of ether oxygens (including phenoxy) is 2. The van der Waals surface area contributed by atoms with Gasteiger partial charge in [-0.2, -0.15) is 0 Å². The van der Waals surface area contributed by atoms with Crippen molar-refractivity contribution in [2.24, 2.45) is 11.8 Å². The largest absolute Gasteiger partial charge is 0.456 e. The van der Waals surface area contributed by atoms with Crippen LogP contribution < -0.4 is 0 Å². The summed E-state index contributed by atoms with van der Waals surface area (Å²) in [6.45, 7) is 5.35. The van der Waals surface area contributed by atoms with E-state index in [4.69, 9.17) is 9.47 Å². The maximum absolute atomic E-state index is 12.4. The second kappa shape index (κ2) is 5.19. The van der Waals surface area contributed by atoms with Gasteiger partial charge in [0, 0.05) is 24.4 Å². The van der Waals surface area contributed by atoms with E-state index in [1.54, 1.807) is 19.3 Å². The van der Waals surface area contributed by atoms with Crippen molar-refractivity contribution in [2.75, 3.05) is 0 Å². The molecule has 1 aromatic heterocycles. The van der Waals surface area contributed by atoms with Crippen molar-refractivity contribution >= 4 is 12.1 Å². The molecule has 6 heteroatoms. The lowest BCUT2D eigenvalue weighted by Gasteiger charge is -2.60. The molecule has 0 spiro atoms. The Hall–Kier alpha value is -2.11. The average Bonchev–Trinajstić information content (AvgIpc) is 2.98. The van der Waals surface area contributed by atoms with E-state index >= 15 is 0 Å². The molecule has 4 fully saturated rings. The van der Waals surface area contributed by atoms with Gasteiger partial charge in [-0.3, -0.25) is 0 Å². The summed E-state index contributed by atoms with van der Waals surface area (Å²) in [4.78, 5) is 28.4. The van der Waals surface area contributed by atoms with Gasteiger partial charge in [0.2, 0.25) is 0 Å². The van der Waals surface area contributed by atoms with Gasteiger partial charge in [0.25, 0.3) is 0 Å². The third-order valence-electron chi connectivity index (χ3n) is 5.63. The minimum atomic E-state index is -0.527. The van der Waals surface area contributed by atoms with Crippen molar-refractivity contribution < 1.29 is 19.1 Å². The number of nitrogens with zero attached hydrogens (tertiary/aromatic N) is 2. The summed E-state index contributed by atoms with van der Waals surface area (Å²) in [6, 6.07) is 0. The molecule has 0 N–H and O–H groups in total. The molecule has 24 heavy (non-hydrogen) atoms. The van der Waals surface area contributed by atoms with Crippen LogP contribution in [-0.4, -0.2) is 32.8 Å². The summed E-state index contributed by atoms with van der Waals surface area (Å²) in [6.07, 6.45) is 9.35. The first-order valence-corrected chi connectivity index (χ1v) is 8.49. The highest BCUT2D eigenvalue weighted by Gasteiger charge is 2.61. The van der Waals surface area contributed by atoms with Crippen LogP contribution in [0.5, 0.6) is 0 Å². The van der Waals surface area contributed by atoms with E-state index in [9.17, 15) is 9.59 Å². The van der Waals surface area contributed by atoms with Gasteiger partial charge >= 0.3 is 12.1 Å². The first-order chi connectivity index (χ1) is 11.4. The molecular formula is C18H22N2O4. The first kappa shape index (κ1) is 15.4. The molecule has 4 aliphatic carbocycles. The van der Waals surface area contributed by atoms with Crippen molar-refractivity contribution in [1.29, 1.82) is 0 Å². The van der Waals surface area contributed by atoms with Crippen LogP contribution in [0.25, 0.3) is 0 Å². The SMILES string of the molecule is C=C(C)C(=O)OC12CC3CC(C1)CC(OC(=O)n1ccnc1)(C3)C2. The minimum absolute atomic E-state index is 0.340. The van der Waals surface area contributed by atoms with Crippen LogP contribution >= 0.6 is 0 Å². The van der Waals surface area contributed by atoms with E-state index in [2.05, 4.69) is 11.6 Å². The lowest BCUT2D eigenvalue weighted by Crippen LogP contribution is -2.62. The molecule has 5 rings (SSSR count). The van der Waals surface area contributed by atoms with E-state index in [1.165, 1.54) is 10.9 Å². The molecule has 0 aliphatic heterocycles. The Labute approximate surface area is 140 Å². The Kier molecular flexibility index (Phi) is 3.34. The number of imidazole rings is 1. The van der Waals surface area contributed by atoms with E-state index in [0.29, 0.717) is 23.8 Å². The Bertz CT molecular complexity index is 680. The molecule has 4 saturated carbocycles. The summed E-state index contributed by atoms with van der Waals surface area (Å²) >= 11 is 0. The standard InChI is InChI=1S/C18H22N2O4/c1-12(2)15(21)23-17-6-13-5-14(7-17)9-18(8-13,10-17)24-16(22)20-4-3-19-11-20/h3-4,11,13-14H,1,5-10H2,2H3. The molecule has 0 aromatic carbocycles. The first-order valence-electron chi connectivity index (χ1n) is 8.49. The second-order valence-corrected chi connectivity index (χ2v) is 7.83. The highest BCUT2D eigenvalue weighted by Crippen LogP contribution is 2.60. The number of aromatic nitrogens is 2. The molecule has 0 radical (unpaired) electrons. The van der Waals surface area contributed by atoms with Crippen LogP contribution in [0, 0.1) is 11.8 Å². The normalized spacial score (nSPS) is 36.4. The smallest absolute Gasteiger partial charge is 0.419 e. The summed E-state index contributed by atoms with van der Waals surface area (Å²) < 4.78 is 13.1. The van der Waals surface area contributed by atoms with Crippen LogP contribution in [-0.2, 0) is 14.3 Å². The molecule has 0 amide bonds. The third kappa shape index (κ3) is 2.54. The van der Waals surface area contributed by atoms with Gasteiger partial charge in [0.1, 0.15) is 17.5 Å². The quantitative estimate of drug-likeness (QED) is 0.629. The van der Waals surface area contributed by atoms with Crippen molar-refractivity contribution in [2.45, 2.75) is 56.7 Å². The Morgan fingerprint density at radius 3 is 2.33 bits per heavy atom. The van der Waals surface area contributed by atoms with Crippen LogP contribution in [0.1, 0.15) is 45.4 Å². The monoisotopic (exact) mass is 330 g/mol. The van der Waals surface area contributed by atoms with Crippen LogP contribution in [0.15, 0.2) is 30.9 Å². The van der Waals surface area contributed by atoms with Crippen molar-refractivity contribution in [3.63, 3.8) is 0 Å². The van der Waals surface area contributed by atoms with Gasteiger partial charge in [-0.1, -0.05) is 6.58 Å². The molecule has 4 aliphatic rings. The molecule has 128 valence electrons. The Morgan fingerprint density at radius 1 is 1.17 bits per heavy atom. The zero-order valence-corrected chi connectivity index (χ0v) is 13.9. The van der Waals surface area contributed by atoms with E-state index in [1.807, 2.05) is 0 Å².